The second-order valence-electron chi connectivity index (χ2n) is 7.31. The van der Waals surface area contributed by atoms with Crippen molar-refractivity contribution in [2.45, 2.75) is 44.8 Å². The number of hydrogen-bond donors (Lipinski definition) is 1. The summed E-state index contributed by atoms with van der Waals surface area (Å²) >= 11 is 0. The van der Waals surface area contributed by atoms with E-state index in [0.29, 0.717) is 11.9 Å². The third-order valence-corrected chi connectivity index (χ3v) is 5.13. The molecular formula is C24H25NO3. The second-order valence-corrected chi connectivity index (χ2v) is 7.31. The first kappa shape index (κ1) is 18.4. The topological polar surface area (TPSA) is 47.6 Å². The van der Waals surface area contributed by atoms with E-state index < -0.39 is 6.10 Å². The summed E-state index contributed by atoms with van der Waals surface area (Å²) in [7, 11) is 0. The van der Waals surface area contributed by atoms with Crippen LogP contribution in [0.2, 0.25) is 0 Å². The van der Waals surface area contributed by atoms with Crippen molar-refractivity contribution in [3.05, 3.63) is 66.7 Å². The number of fused-ring (bicyclic) bond motifs is 1. The van der Waals surface area contributed by atoms with Crippen LogP contribution in [0, 0.1) is 0 Å². The van der Waals surface area contributed by atoms with Gasteiger partial charge in [0.25, 0.3) is 5.91 Å². The summed E-state index contributed by atoms with van der Waals surface area (Å²) in [5, 5.41) is 5.13. The lowest BCUT2D eigenvalue weighted by Gasteiger charge is -2.16. The molecule has 0 aliphatic heterocycles. The van der Waals surface area contributed by atoms with Gasteiger partial charge in [0.2, 0.25) is 0 Å². The van der Waals surface area contributed by atoms with Crippen LogP contribution in [0.1, 0.15) is 32.6 Å². The highest BCUT2D eigenvalue weighted by Gasteiger charge is 2.17. The highest BCUT2D eigenvalue weighted by Crippen LogP contribution is 2.25. The zero-order chi connectivity index (χ0) is 19.3. The Bertz CT molecular complexity index is 945. The van der Waals surface area contributed by atoms with E-state index in [1.54, 1.807) is 6.92 Å². The van der Waals surface area contributed by atoms with Crippen LogP contribution in [0.3, 0.4) is 0 Å². The molecule has 1 saturated carbocycles. The first-order valence-corrected chi connectivity index (χ1v) is 9.90. The van der Waals surface area contributed by atoms with E-state index >= 15 is 0 Å². The van der Waals surface area contributed by atoms with E-state index in [1.165, 1.54) is 12.8 Å². The van der Waals surface area contributed by atoms with Crippen LogP contribution in [0.25, 0.3) is 10.8 Å². The number of hydrogen-bond acceptors (Lipinski definition) is 3. The molecule has 1 aliphatic carbocycles. The van der Waals surface area contributed by atoms with Gasteiger partial charge < -0.3 is 14.8 Å². The van der Waals surface area contributed by atoms with Crippen molar-refractivity contribution in [2.24, 2.45) is 0 Å². The van der Waals surface area contributed by atoms with Gasteiger partial charge in [-0.25, -0.2) is 0 Å². The highest BCUT2D eigenvalue weighted by molar-refractivity contribution is 5.94. The first-order chi connectivity index (χ1) is 13.7. The highest BCUT2D eigenvalue weighted by atomic mass is 16.5. The van der Waals surface area contributed by atoms with Crippen LogP contribution in [0.15, 0.2) is 66.7 Å². The predicted molar refractivity (Wildman–Crippen MR) is 112 cm³/mol. The molecule has 1 amide bonds. The fourth-order valence-corrected chi connectivity index (χ4v) is 3.56. The molecule has 1 atom stereocenters. The Kier molecular flexibility index (Phi) is 5.47. The molecule has 0 spiro atoms. The zero-order valence-corrected chi connectivity index (χ0v) is 16.1. The number of nitrogens with one attached hydrogen (secondary N) is 1. The number of anilines is 1. The summed E-state index contributed by atoms with van der Waals surface area (Å²) in [5.74, 6) is 1.35. The van der Waals surface area contributed by atoms with E-state index in [4.69, 9.17) is 9.47 Å². The Morgan fingerprint density at radius 3 is 2.36 bits per heavy atom. The normalized spacial score (nSPS) is 15.3. The fourth-order valence-electron chi connectivity index (χ4n) is 3.56. The van der Waals surface area contributed by atoms with Crippen molar-refractivity contribution in [3.63, 3.8) is 0 Å². The molecular weight excluding hydrogens is 350 g/mol. The minimum Gasteiger partial charge on any atom is -0.490 e. The lowest BCUT2D eigenvalue weighted by atomic mass is 10.1. The van der Waals surface area contributed by atoms with Crippen molar-refractivity contribution < 1.29 is 14.3 Å². The van der Waals surface area contributed by atoms with Crippen LogP contribution < -0.4 is 14.8 Å². The summed E-state index contributed by atoms with van der Waals surface area (Å²) in [6, 6.07) is 21.5. The van der Waals surface area contributed by atoms with E-state index in [0.717, 1.165) is 35.1 Å². The molecule has 28 heavy (non-hydrogen) atoms. The Balaban J connectivity index is 1.34. The summed E-state index contributed by atoms with van der Waals surface area (Å²) in [5.41, 5.74) is 0.734. The van der Waals surface area contributed by atoms with Crippen LogP contribution in [0.4, 0.5) is 5.69 Å². The number of ether oxygens (including phenoxy) is 2. The van der Waals surface area contributed by atoms with Gasteiger partial charge in [0, 0.05) is 5.69 Å². The molecule has 1 N–H and O–H groups in total. The van der Waals surface area contributed by atoms with Gasteiger partial charge in [-0.1, -0.05) is 30.3 Å². The van der Waals surface area contributed by atoms with Gasteiger partial charge >= 0.3 is 0 Å². The van der Waals surface area contributed by atoms with E-state index in [2.05, 4.69) is 11.4 Å². The fraction of sp³-hybridized carbons (Fsp3) is 0.292. The molecule has 0 bridgehead atoms. The maximum absolute atomic E-state index is 12.5. The van der Waals surface area contributed by atoms with Gasteiger partial charge in [0.1, 0.15) is 11.5 Å². The molecule has 4 rings (SSSR count). The maximum atomic E-state index is 12.5. The monoisotopic (exact) mass is 375 g/mol. The lowest BCUT2D eigenvalue weighted by Crippen LogP contribution is -2.30. The minimum atomic E-state index is -0.601. The zero-order valence-electron chi connectivity index (χ0n) is 16.1. The predicted octanol–water partition coefficient (Wildman–Crippen LogP) is 5.57. The first-order valence-electron chi connectivity index (χ1n) is 9.90. The summed E-state index contributed by atoms with van der Waals surface area (Å²) in [6.45, 7) is 1.75. The molecule has 0 unspecified atom stereocenters. The average Bonchev–Trinajstić information content (AvgIpc) is 3.22. The molecule has 0 saturated heterocycles. The SMILES string of the molecule is C[C@@H](Oc1ccc2ccccc2c1)C(=O)Nc1ccc(OC2CCCC2)cc1. The standard InChI is InChI=1S/C24H25NO3/c1-17(27-23-13-10-18-6-2-3-7-19(18)16-23)24(26)25-20-11-14-22(15-12-20)28-21-8-4-5-9-21/h2-3,6-7,10-17,21H,4-5,8-9H2,1H3,(H,25,26)/t17-/m1/s1. The second kappa shape index (κ2) is 8.34. The van der Waals surface area contributed by atoms with Crippen molar-refractivity contribution in [1.29, 1.82) is 0 Å². The van der Waals surface area contributed by atoms with Gasteiger partial charge in [0.15, 0.2) is 6.10 Å². The van der Waals surface area contributed by atoms with Crippen LogP contribution in [-0.4, -0.2) is 18.1 Å². The van der Waals surface area contributed by atoms with Gasteiger partial charge in [-0.3, -0.25) is 4.79 Å². The minimum absolute atomic E-state index is 0.183. The van der Waals surface area contributed by atoms with Crippen LogP contribution in [0.5, 0.6) is 11.5 Å². The number of benzene rings is 3. The Labute approximate surface area is 165 Å². The largest absolute Gasteiger partial charge is 0.490 e. The molecule has 4 nitrogen and oxygen atoms in total. The third-order valence-electron chi connectivity index (χ3n) is 5.13. The Hall–Kier alpha value is -3.01. The van der Waals surface area contributed by atoms with Crippen molar-refractivity contribution in [3.8, 4) is 11.5 Å². The van der Waals surface area contributed by atoms with Gasteiger partial charge in [-0.05, 0) is 79.8 Å². The van der Waals surface area contributed by atoms with Crippen molar-refractivity contribution >= 4 is 22.4 Å². The van der Waals surface area contributed by atoms with Gasteiger partial charge in [0.05, 0.1) is 6.10 Å². The molecule has 3 aromatic rings. The number of carbonyl (C=O) groups excluding carboxylic acids is 1. The lowest BCUT2D eigenvalue weighted by molar-refractivity contribution is -0.122. The summed E-state index contributed by atoms with van der Waals surface area (Å²) in [6.07, 6.45) is 4.47. The summed E-state index contributed by atoms with van der Waals surface area (Å²) in [4.78, 5) is 12.5. The van der Waals surface area contributed by atoms with Crippen molar-refractivity contribution in [2.75, 3.05) is 5.32 Å². The van der Waals surface area contributed by atoms with Crippen molar-refractivity contribution in [1.82, 2.24) is 0 Å². The van der Waals surface area contributed by atoms with Gasteiger partial charge in [-0.15, -0.1) is 0 Å². The Morgan fingerprint density at radius 2 is 1.61 bits per heavy atom. The molecule has 144 valence electrons. The quantitative estimate of drug-likeness (QED) is 0.613. The summed E-state index contributed by atoms with van der Waals surface area (Å²) < 4.78 is 11.8. The Morgan fingerprint density at radius 1 is 0.929 bits per heavy atom. The van der Waals surface area contributed by atoms with E-state index in [9.17, 15) is 4.79 Å². The average molecular weight is 375 g/mol. The molecule has 0 heterocycles. The molecule has 4 heteroatoms. The molecule has 3 aromatic carbocycles. The smallest absolute Gasteiger partial charge is 0.265 e. The number of amides is 1. The van der Waals surface area contributed by atoms with E-state index in [1.807, 2.05) is 60.7 Å². The molecule has 1 aliphatic rings. The molecule has 0 radical (unpaired) electrons. The van der Waals surface area contributed by atoms with Crippen LogP contribution >= 0.6 is 0 Å². The number of carbonyl (C=O) groups is 1. The molecule has 0 aromatic heterocycles. The van der Waals surface area contributed by atoms with Crippen LogP contribution in [-0.2, 0) is 4.79 Å². The molecule has 1 fully saturated rings. The van der Waals surface area contributed by atoms with E-state index in [-0.39, 0.29) is 5.91 Å². The number of rotatable bonds is 6. The van der Waals surface area contributed by atoms with Gasteiger partial charge in [-0.2, -0.15) is 0 Å². The third kappa shape index (κ3) is 4.45. The maximum Gasteiger partial charge on any atom is 0.265 e.